The van der Waals surface area contributed by atoms with Crippen LogP contribution in [-0.2, 0) is 14.6 Å². The number of hydrogen-bond donors (Lipinski definition) is 1. The van der Waals surface area contributed by atoms with E-state index in [1.165, 1.54) is 12.1 Å². The number of carbonyl (C=O) groups is 1. The van der Waals surface area contributed by atoms with Crippen molar-refractivity contribution in [2.75, 3.05) is 30.8 Å². The van der Waals surface area contributed by atoms with Crippen LogP contribution in [0.25, 0.3) is 0 Å². The van der Waals surface area contributed by atoms with E-state index in [1.54, 1.807) is 6.07 Å². The van der Waals surface area contributed by atoms with Crippen molar-refractivity contribution in [1.29, 1.82) is 0 Å². The van der Waals surface area contributed by atoms with Gasteiger partial charge in [0.05, 0.1) is 4.92 Å². The second-order valence-corrected chi connectivity index (χ2v) is 9.02. The molecule has 0 bridgehead atoms. The van der Waals surface area contributed by atoms with Gasteiger partial charge in [-0.2, -0.15) is 0 Å². The highest BCUT2D eigenvalue weighted by molar-refractivity contribution is 7.90. The van der Waals surface area contributed by atoms with Crippen LogP contribution in [0.5, 0.6) is 0 Å². The topological polar surface area (TPSA) is 110 Å². The van der Waals surface area contributed by atoms with Crippen LogP contribution in [0.15, 0.2) is 23.1 Å². The molecule has 1 unspecified atom stereocenters. The number of amides is 1. The van der Waals surface area contributed by atoms with Crippen LogP contribution >= 0.6 is 0 Å². The summed E-state index contributed by atoms with van der Waals surface area (Å²) in [6, 6.07) is 4.21. The van der Waals surface area contributed by atoms with Crippen LogP contribution in [0.1, 0.15) is 26.7 Å². The zero-order valence-electron chi connectivity index (χ0n) is 15.3. The maximum absolute atomic E-state index is 11.9. The number of piperidine rings is 1. The molecule has 1 atom stereocenters. The predicted octanol–water partition coefficient (Wildman–Crippen LogP) is 1.99. The molecule has 1 saturated heterocycles. The van der Waals surface area contributed by atoms with Gasteiger partial charge in [0.25, 0.3) is 5.69 Å². The molecule has 0 saturated carbocycles. The summed E-state index contributed by atoms with van der Waals surface area (Å²) < 4.78 is 23.9. The van der Waals surface area contributed by atoms with E-state index in [0.717, 1.165) is 25.6 Å². The second-order valence-electron chi connectivity index (χ2n) is 7.04. The molecule has 9 heteroatoms. The first kappa shape index (κ1) is 20.2. The highest BCUT2D eigenvalue weighted by atomic mass is 32.2. The van der Waals surface area contributed by atoms with Gasteiger partial charge in [-0.3, -0.25) is 14.9 Å². The fourth-order valence-corrected chi connectivity index (χ4v) is 3.92. The van der Waals surface area contributed by atoms with Crippen molar-refractivity contribution in [1.82, 2.24) is 5.32 Å². The fraction of sp³-hybridized carbons (Fsp3) is 0.588. The van der Waals surface area contributed by atoms with Crippen molar-refractivity contribution in [3.8, 4) is 0 Å². The lowest BCUT2D eigenvalue weighted by atomic mass is 9.97. The van der Waals surface area contributed by atoms with E-state index < -0.39 is 20.4 Å². The van der Waals surface area contributed by atoms with E-state index in [0.29, 0.717) is 18.8 Å². The van der Waals surface area contributed by atoms with E-state index >= 15 is 0 Å². The number of anilines is 1. The predicted molar refractivity (Wildman–Crippen MR) is 99.0 cm³/mol. The Balaban J connectivity index is 2.17. The number of nitro groups is 1. The van der Waals surface area contributed by atoms with Gasteiger partial charge in [0.15, 0.2) is 9.84 Å². The molecule has 1 aliphatic rings. The largest absolute Gasteiger partial charge is 0.371 e. The molecule has 2 rings (SSSR count). The molecule has 0 spiro atoms. The summed E-state index contributed by atoms with van der Waals surface area (Å²) in [6.07, 6.45) is 2.85. The lowest BCUT2D eigenvalue weighted by Crippen LogP contribution is -2.41. The molecule has 1 aromatic rings. The third-order valence-corrected chi connectivity index (χ3v) is 5.64. The number of carbonyl (C=O) groups excluding carboxylic acids is 1. The molecule has 1 heterocycles. The average Bonchev–Trinajstić information content (AvgIpc) is 2.58. The van der Waals surface area contributed by atoms with Gasteiger partial charge in [-0.1, -0.05) is 13.8 Å². The summed E-state index contributed by atoms with van der Waals surface area (Å²) in [5.41, 5.74) is 0.241. The third kappa shape index (κ3) is 4.94. The molecular weight excluding hydrogens is 358 g/mol. The van der Waals surface area contributed by atoms with Crippen molar-refractivity contribution in [2.45, 2.75) is 31.6 Å². The standard InChI is InChI=1S/C17H25N3O5S/c1-12(2)17(21)18-10-13-5-4-8-19(11-13)14-6-7-15(20(22)23)16(9-14)26(3,24)25/h6-7,9,12-13H,4-5,8,10-11H2,1-3H3,(H,18,21). The minimum absolute atomic E-state index is 0.0109. The molecule has 26 heavy (non-hydrogen) atoms. The summed E-state index contributed by atoms with van der Waals surface area (Å²) in [6.45, 7) is 5.66. The summed E-state index contributed by atoms with van der Waals surface area (Å²) in [5.74, 6) is 0.196. The summed E-state index contributed by atoms with van der Waals surface area (Å²) in [4.78, 5) is 23.9. The Morgan fingerprint density at radius 3 is 2.69 bits per heavy atom. The number of hydrogen-bond acceptors (Lipinski definition) is 6. The van der Waals surface area contributed by atoms with Crippen molar-refractivity contribution in [3.05, 3.63) is 28.3 Å². The van der Waals surface area contributed by atoms with Crippen LogP contribution in [-0.4, -0.2) is 45.1 Å². The van der Waals surface area contributed by atoms with Gasteiger partial charge in [0.2, 0.25) is 5.91 Å². The monoisotopic (exact) mass is 383 g/mol. The normalized spacial score (nSPS) is 18.0. The fourth-order valence-electron chi connectivity index (χ4n) is 3.06. The Morgan fingerprint density at radius 1 is 1.42 bits per heavy atom. The van der Waals surface area contributed by atoms with Crippen LogP contribution in [0.2, 0.25) is 0 Å². The van der Waals surface area contributed by atoms with Gasteiger partial charge >= 0.3 is 0 Å². The molecule has 0 radical (unpaired) electrons. The maximum atomic E-state index is 11.9. The molecule has 1 aliphatic heterocycles. The summed E-state index contributed by atoms with van der Waals surface area (Å²) in [5, 5.41) is 14.0. The zero-order chi connectivity index (χ0) is 19.5. The quantitative estimate of drug-likeness (QED) is 0.594. The first-order chi connectivity index (χ1) is 12.1. The van der Waals surface area contributed by atoms with Gasteiger partial charge in [0, 0.05) is 43.6 Å². The Labute approximate surface area is 153 Å². The minimum atomic E-state index is -3.71. The lowest BCUT2D eigenvalue weighted by Gasteiger charge is -2.34. The van der Waals surface area contributed by atoms with Crippen LogP contribution in [0.4, 0.5) is 11.4 Å². The van der Waals surface area contributed by atoms with Crippen molar-refractivity contribution in [3.63, 3.8) is 0 Å². The number of rotatable bonds is 6. The highest BCUT2D eigenvalue weighted by Gasteiger charge is 2.26. The van der Waals surface area contributed by atoms with Crippen molar-refractivity contribution in [2.24, 2.45) is 11.8 Å². The molecule has 0 aliphatic carbocycles. The Hall–Kier alpha value is -2.16. The minimum Gasteiger partial charge on any atom is -0.371 e. The Morgan fingerprint density at radius 2 is 2.12 bits per heavy atom. The van der Waals surface area contributed by atoms with Gasteiger partial charge in [-0.05, 0) is 30.9 Å². The van der Waals surface area contributed by atoms with Gasteiger partial charge in [-0.15, -0.1) is 0 Å². The SMILES string of the molecule is CC(C)C(=O)NCC1CCCN(c2ccc([N+](=O)[O-])c(S(C)(=O)=O)c2)C1. The number of sulfone groups is 1. The molecular formula is C17H25N3O5S. The van der Waals surface area contributed by atoms with Gasteiger partial charge < -0.3 is 10.2 Å². The molecule has 144 valence electrons. The molecule has 8 nitrogen and oxygen atoms in total. The highest BCUT2D eigenvalue weighted by Crippen LogP contribution is 2.31. The zero-order valence-corrected chi connectivity index (χ0v) is 16.1. The van der Waals surface area contributed by atoms with Crippen LogP contribution < -0.4 is 10.2 Å². The van der Waals surface area contributed by atoms with Crippen LogP contribution in [0, 0.1) is 22.0 Å². The maximum Gasteiger partial charge on any atom is 0.288 e. The summed E-state index contributed by atoms with van der Waals surface area (Å²) in [7, 11) is -3.71. The lowest BCUT2D eigenvalue weighted by molar-refractivity contribution is -0.387. The molecule has 1 amide bonds. The molecule has 1 N–H and O–H groups in total. The number of nitrogens with one attached hydrogen (secondary N) is 1. The Kier molecular flexibility index (Phi) is 6.22. The van der Waals surface area contributed by atoms with Gasteiger partial charge in [-0.25, -0.2) is 8.42 Å². The second kappa shape index (κ2) is 8.03. The Bertz CT molecular complexity index is 792. The number of nitrogens with zero attached hydrogens (tertiary/aromatic N) is 2. The van der Waals surface area contributed by atoms with Gasteiger partial charge in [0.1, 0.15) is 4.90 Å². The van der Waals surface area contributed by atoms with E-state index in [1.807, 2.05) is 18.7 Å². The molecule has 1 fully saturated rings. The van der Waals surface area contributed by atoms with E-state index in [2.05, 4.69) is 5.32 Å². The number of nitro benzene ring substituents is 1. The first-order valence-corrected chi connectivity index (χ1v) is 10.5. The van der Waals surface area contributed by atoms with Crippen LogP contribution in [0.3, 0.4) is 0 Å². The van der Waals surface area contributed by atoms with E-state index in [9.17, 15) is 23.3 Å². The number of benzene rings is 1. The third-order valence-electron chi connectivity index (χ3n) is 4.51. The smallest absolute Gasteiger partial charge is 0.288 e. The summed E-state index contributed by atoms with van der Waals surface area (Å²) >= 11 is 0. The van der Waals surface area contributed by atoms with Crippen molar-refractivity contribution >= 4 is 27.1 Å². The van der Waals surface area contributed by atoms with E-state index in [4.69, 9.17) is 0 Å². The average molecular weight is 383 g/mol. The first-order valence-electron chi connectivity index (χ1n) is 8.60. The molecule has 0 aromatic heterocycles. The van der Waals surface area contributed by atoms with Crippen molar-refractivity contribution < 1.29 is 18.1 Å². The van der Waals surface area contributed by atoms with E-state index in [-0.39, 0.29) is 22.6 Å². The molecule has 1 aromatic carbocycles.